The van der Waals surface area contributed by atoms with Gasteiger partial charge in [0.25, 0.3) is 0 Å². The van der Waals surface area contributed by atoms with Gasteiger partial charge in [-0.25, -0.2) is 0 Å². The van der Waals surface area contributed by atoms with E-state index in [2.05, 4.69) is 32.8 Å². The van der Waals surface area contributed by atoms with E-state index in [-0.39, 0.29) is 5.91 Å². The summed E-state index contributed by atoms with van der Waals surface area (Å²) in [5.74, 6) is 0.864. The Bertz CT molecular complexity index is 1000. The van der Waals surface area contributed by atoms with E-state index in [1.807, 2.05) is 35.4 Å². The van der Waals surface area contributed by atoms with Gasteiger partial charge in [-0.2, -0.15) is 5.10 Å². The van der Waals surface area contributed by atoms with E-state index in [1.54, 1.807) is 0 Å². The molecule has 0 radical (unpaired) electrons. The van der Waals surface area contributed by atoms with Crippen LogP contribution in [0.1, 0.15) is 43.7 Å². The Kier molecular flexibility index (Phi) is 8.15. The minimum absolute atomic E-state index is 0.138. The van der Waals surface area contributed by atoms with Crippen LogP contribution in [0.3, 0.4) is 0 Å². The van der Waals surface area contributed by atoms with Crippen molar-refractivity contribution in [1.82, 2.24) is 24.5 Å². The maximum absolute atomic E-state index is 13.4. The molecule has 8 nitrogen and oxygen atoms in total. The fourth-order valence-corrected chi connectivity index (χ4v) is 5.70. The summed E-state index contributed by atoms with van der Waals surface area (Å²) in [5, 5.41) is 5.32. The van der Waals surface area contributed by atoms with Gasteiger partial charge in [0.1, 0.15) is 18.0 Å². The molecule has 2 saturated heterocycles. The molecule has 0 bridgehead atoms. The molecule has 0 N–H and O–H groups in total. The molecule has 0 unspecified atom stereocenters. The highest BCUT2D eigenvalue weighted by Gasteiger charge is 2.41. The topological polar surface area (TPSA) is 63.1 Å². The minimum Gasteiger partial charge on any atom is -0.491 e. The normalized spacial score (nSPS) is 24.3. The molecule has 0 spiro atoms. The predicted molar refractivity (Wildman–Crippen MR) is 139 cm³/mol. The van der Waals surface area contributed by atoms with Gasteiger partial charge in [-0.1, -0.05) is 24.4 Å². The molecule has 3 heterocycles. The number of nitrogens with zero attached hydrogens (tertiary/aromatic N) is 5. The van der Waals surface area contributed by atoms with Gasteiger partial charge in [0.2, 0.25) is 5.91 Å². The van der Waals surface area contributed by atoms with E-state index in [0.29, 0.717) is 37.2 Å². The number of carbonyl (C=O) groups is 1. The molecule has 36 heavy (non-hydrogen) atoms. The summed E-state index contributed by atoms with van der Waals surface area (Å²) in [6.45, 7) is 6.44. The average molecular weight is 516 g/mol. The van der Waals surface area contributed by atoms with Crippen molar-refractivity contribution in [3.8, 4) is 5.75 Å². The average Bonchev–Trinajstić information content (AvgIpc) is 3.57. The van der Waals surface area contributed by atoms with Gasteiger partial charge in [-0.15, -0.1) is 0 Å². The quantitative estimate of drug-likeness (QED) is 0.536. The van der Waals surface area contributed by atoms with Crippen molar-refractivity contribution < 1.29 is 14.3 Å². The number of ether oxygens (including phenoxy) is 2. The molecule has 5 rings (SSSR count). The highest BCUT2D eigenvalue weighted by atomic mass is 35.5. The van der Waals surface area contributed by atoms with E-state index in [9.17, 15) is 4.79 Å². The van der Waals surface area contributed by atoms with Crippen molar-refractivity contribution in [2.75, 3.05) is 59.5 Å². The number of carbonyl (C=O) groups excluding carboxylic acids is 1. The van der Waals surface area contributed by atoms with Gasteiger partial charge in [0, 0.05) is 62.6 Å². The second-order valence-corrected chi connectivity index (χ2v) is 11.0. The zero-order valence-electron chi connectivity index (χ0n) is 21.3. The number of aromatic nitrogens is 2. The Morgan fingerprint density at radius 3 is 2.64 bits per heavy atom. The lowest BCUT2D eigenvalue weighted by atomic mass is 9.96. The Labute approximate surface area is 219 Å². The molecule has 9 heteroatoms. The number of hydrogen-bond acceptors (Lipinski definition) is 6. The smallest absolute Gasteiger partial charge is 0.225 e. The van der Waals surface area contributed by atoms with Crippen LogP contribution in [0.4, 0.5) is 0 Å². The second kappa shape index (κ2) is 11.5. The highest BCUT2D eigenvalue weighted by Crippen LogP contribution is 2.30. The molecule has 196 valence electrons. The molecule has 1 aromatic carbocycles. The van der Waals surface area contributed by atoms with E-state index < -0.39 is 5.60 Å². The van der Waals surface area contributed by atoms with Gasteiger partial charge in [0.15, 0.2) is 0 Å². The Morgan fingerprint density at radius 2 is 1.89 bits per heavy atom. The largest absolute Gasteiger partial charge is 0.491 e. The number of morpholine rings is 1. The molecule has 2 aliphatic heterocycles. The van der Waals surface area contributed by atoms with Crippen LogP contribution in [-0.4, -0.2) is 95.5 Å². The van der Waals surface area contributed by atoms with Gasteiger partial charge >= 0.3 is 0 Å². The molecule has 1 aliphatic carbocycles. The first-order chi connectivity index (χ1) is 17.5. The number of likely N-dealkylation sites (N-methyl/N-ethyl adjacent to an activating group) is 1. The van der Waals surface area contributed by atoms with Gasteiger partial charge in [-0.05, 0) is 44.2 Å². The molecule has 1 saturated carbocycles. The number of hydrogen-bond donors (Lipinski definition) is 0. The Balaban J connectivity index is 1.27. The maximum atomic E-state index is 13.4. The summed E-state index contributed by atoms with van der Waals surface area (Å²) in [4.78, 5) is 20.0. The van der Waals surface area contributed by atoms with E-state index in [4.69, 9.17) is 21.1 Å². The van der Waals surface area contributed by atoms with Crippen LogP contribution in [0.25, 0.3) is 0 Å². The van der Waals surface area contributed by atoms with Gasteiger partial charge in [0.05, 0.1) is 25.3 Å². The van der Waals surface area contributed by atoms with Crippen LogP contribution < -0.4 is 4.74 Å². The van der Waals surface area contributed by atoms with Gasteiger partial charge < -0.3 is 19.3 Å². The molecule has 2 aromatic rings. The van der Waals surface area contributed by atoms with Crippen molar-refractivity contribution in [3.05, 3.63) is 47.2 Å². The maximum Gasteiger partial charge on any atom is 0.225 e. The fourth-order valence-electron chi connectivity index (χ4n) is 5.58. The third-order valence-electron chi connectivity index (χ3n) is 7.73. The first-order valence-electron chi connectivity index (χ1n) is 13.2. The standard InChI is InChI=1S/C27H38ClN5O3/c1-30-10-12-32(13-11-30)26(34)16-27(21-35-25-8-6-23(28)7-9-25)20-31(14-15-36-27)18-22-17-29-33(19-22)24-4-2-3-5-24/h6-9,17,19,24H,2-5,10-16,18,20-21H2,1H3/t27-/m1/s1. The van der Waals surface area contributed by atoms with Crippen LogP contribution in [0.15, 0.2) is 36.7 Å². The molecule has 1 aromatic heterocycles. The van der Waals surface area contributed by atoms with Crippen molar-refractivity contribution in [1.29, 1.82) is 0 Å². The summed E-state index contributed by atoms with van der Waals surface area (Å²) in [6, 6.07) is 7.88. The Morgan fingerprint density at radius 1 is 1.14 bits per heavy atom. The predicted octanol–water partition coefficient (Wildman–Crippen LogP) is 3.47. The van der Waals surface area contributed by atoms with Crippen LogP contribution in [0.2, 0.25) is 5.02 Å². The number of amides is 1. The number of piperazine rings is 1. The summed E-state index contributed by atoms with van der Waals surface area (Å²) in [5.41, 5.74) is 0.501. The molecular weight excluding hydrogens is 478 g/mol. The second-order valence-electron chi connectivity index (χ2n) is 10.6. The summed E-state index contributed by atoms with van der Waals surface area (Å²) in [6.07, 6.45) is 9.53. The molecular formula is C27H38ClN5O3. The Hall–Kier alpha value is -2.13. The lowest BCUT2D eigenvalue weighted by molar-refractivity contribution is -0.157. The molecule has 3 aliphatic rings. The SMILES string of the molecule is CN1CCN(C(=O)C[C@]2(COc3ccc(Cl)cc3)CN(Cc3cnn(C4CCCC4)c3)CCO2)CC1. The van der Waals surface area contributed by atoms with Crippen LogP contribution >= 0.6 is 11.6 Å². The third-order valence-corrected chi connectivity index (χ3v) is 7.98. The van der Waals surface area contributed by atoms with Crippen molar-refractivity contribution in [3.63, 3.8) is 0 Å². The third kappa shape index (κ3) is 6.40. The number of rotatable bonds is 8. The van der Waals surface area contributed by atoms with Gasteiger partial charge in [-0.3, -0.25) is 14.4 Å². The van der Waals surface area contributed by atoms with E-state index in [0.717, 1.165) is 45.0 Å². The monoisotopic (exact) mass is 515 g/mol. The van der Waals surface area contributed by atoms with Crippen LogP contribution in [-0.2, 0) is 16.1 Å². The lowest BCUT2D eigenvalue weighted by Crippen LogP contribution is -2.58. The zero-order valence-corrected chi connectivity index (χ0v) is 22.0. The molecule has 1 amide bonds. The zero-order chi connectivity index (χ0) is 25.0. The minimum atomic E-state index is -0.709. The van der Waals surface area contributed by atoms with Crippen molar-refractivity contribution in [2.45, 2.75) is 50.3 Å². The highest BCUT2D eigenvalue weighted by molar-refractivity contribution is 6.30. The number of halogens is 1. The van der Waals surface area contributed by atoms with Crippen LogP contribution in [0, 0.1) is 0 Å². The van der Waals surface area contributed by atoms with E-state index in [1.165, 1.54) is 31.2 Å². The fraction of sp³-hybridized carbons (Fsp3) is 0.630. The first-order valence-corrected chi connectivity index (χ1v) is 13.6. The van der Waals surface area contributed by atoms with E-state index >= 15 is 0 Å². The summed E-state index contributed by atoms with van der Waals surface area (Å²) < 4.78 is 14.7. The lowest BCUT2D eigenvalue weighted by Gasteiger charge is -2.43. The number of benzene rings is 1. The van der Waals surface area contributed by atoms with Crippen molar-refractivity contribution in [2.24, 2.45) is 0 Å². The summed E-state index contributed by atoms with van der Waals surface area (Å²) >= 11 is 6.04. The van der Waals surface area contributed by atoms with Crippen LogP contribution in [0.5, 0.6) is 5.75 Å². The first kappa shape index (κ1) is 25.5. The molecule has 1 atom stereocenters. The van der Waals surface area contributed by atoms with Crippen molar-refractivity contribution >= 4 is 17.5 Å². The molecule has 3 fully saturated rings. The summed E-state index contributed by atoms with van der Waals surface area (Å²) in [7, 11) is 2.10.